The van der Waals surface area contributed by atoms with Crippen LogP contribution in [0, 0.1) is 13.8 Å². The lowest BCUT2D eigenvalue weighted by Crippen LogP contribution is -2.26. The molecule has 10 heteroatoms. The van der Waals surface area contributed by atoms with E-state index in [-0.39, 0.29) is 5.91 Å². The summed E-state index contributed by atoms with van der Waals surface area (Å²) >= 11 is 1.16. The lowest BCUT2D eigenvalue weighted by atomic mass is 10.1. The van der Waals surface area contributed by atoms with Gasteiger partial charge in [0.2, 0.25) is 0 Å². The summed E-state index contributed by atoms with van der Waals surface area (Å²) in [5.41, 5.74) is 3.73. The molecule has 0 unspecified atom stereocenters. The van der Waals surface area contributed by atoms with E-state index in [1.807, 2.05) is 32.0 Å². The van der Waals surface area contributed by atoms with Crippen molar-refractivity contribution in [2.75, 3.05) is 20.8 Å². The molecule has 0 aliphatic rings. The highest BCUT2D eigenvalue weighted by Gasteiger charge is 2.17. The van der Waals surface area contributed by atoms with Gasteiger partial charge in [-0.15, -0.1) is 5.10 Å². The van der Waals surface area contributed by atoms with E-state index in [2.05, 4.69) is 24.4 Å². The molecule has 0 bridgehead atoms. The fraction of sp³-hybridized carbons (Fsp3) is 0.389. The van der Waals surface area contributed by atoms with Gasteiger partial charge in [-0.25, -0.2) is 4.68 Å². The molecule has 9 nitrogen and oxygen atoms in total. The highest BCUT2D eigenvalue weighted by molar-refractivity contribution is 6.99. The van der Waals surface area contributed by atoms with E-state index in [9.17, 15) is 4.79 Å². The minimum absolute atomic E-state index is 0.252. The number of hydrogen-bond donors (Lipinski definition) is 1. The number of carbonyl (C=O) groups is 1. The smallest absolute Gasteiger partial charge is 0.273 e. The number of aryl methyl sites for hydroxylation is 1. The van der Waals surface area contributed by atoms with Crippen LogP contribution in [-0.2, 0) is 13.0 Å². The molecule has 1 N–H and O–H groups in total. The number of aromatic nitrogens is 5. The van der Waals surface area contributed by atoms with Gasteiger partial charge < -0.3 is 14.8 Å². The van der Waals surface area contributed by atoms with E-state index in [0.29, 0.717) is 42.4 Å². The zero-order valence-electron chi connectivity index (χ0n) is 16.2. The third-order valence-electron chi connectivity index (χ3n) is 4.39. The summed E-state index contributed by atoms with van der Waals surface area (Å²) in [4.78, 5) is 12.5. The Morgan fingerprint density at radius 1 is 1.18 bits per heavy atom. The number of rotatable bonds is 8. The summed E-state index contributed by atoms with van der Waals surface area (Å²) in [5.74, 6) is 1.09. The van der Waals surface area contributed by atoms with Crippen molar-refractivity contribution in [2.45, 2.75) is 26.8 Å². The Morgan fingerprint density at radius 3 is 2.64 bits per heavy atom. The molecule has 1 amide bonds. The first-order valence-corrected chi connectivity index (χ1v) is 9.43. The van der Waals surface area contributed by atoms with Crippen LogP contribution in [0.3, 0.4) is 0 Å². The molecule has 0 radical (unpaired) electrons. The van der Waals surface area contributed by atoms with Crippen molar-refractivity contribution in [3.05, 3.63) is 46.5 Å². The number of carbonyl (C=O) groups excluding carboxylic acids is 1. The van der Waals surface area contributed by atoms with Crippen LogP contribution in [0.5, 0.6) is 11.5 Å². The highest BCUT2D eigenvalue weighted by Crippen LogP contribution is 2.27. The van der Waals surface area contributed by atoms with Gasteiger partial charge in [-0.3, -0.25) is 4.79 Å². The van der Waals surface area contributed by atoms with Crippen molar-refractivity contribution in [2.24, 2.45) is 0 Å². The third-order valence-corrected chi connectivity index (χ3v) is 5.05. The zero-order valence-corrected chi connectivity index (χ0v) is 17.0. The van der Waals surface area contributed by atoms with E-state index in [1.54, 1.807) is 18.9 Å². The van der Waals surface area contributed by atoms with Gasteiger partial charge in [0.15, 0.2) is 17.2 Å². The molecule has 1 aromatic carbocycles. The number of methoxy groups -OCH3 is 2. The molecule has 0 saturated carbocycles. The van der Waals surface area contributed by atoms with Gasteiger partial charge in [-0.05, 0) is 38.0 Å². The van der Waals surface area contributed by atoms with Crippen molar-refractivity contribution >= 4 is 17.6 Å². The number of hydrogen-bond acceptors (Lipinski definition) is 8. The SMILES string of the molecule is COc1ccc(CCNC(=O)c2nnn(Cc3nsnc3C)c2C)cc1OC. The van der Waals surface area contributed by atoms with Gasteiger partial charge in [0.1, 0.15) is 0 Å². The van der Waals surface area contributed by atoms with Gasteiger partial charge >= 0.3 is 0 Å². The Labute approximate surface area is 167 Å². The number of nitrogens with zero attached hydrogens (tertiary/aromatic N) is 5. The molecule has 148 valence electrons. The Kier molecular flexibility index (Phi) is 6.19. The highest BCUT2D eigenvalue weighted by atomic mass is 32.1. The molecule has 0 fully saturated rings. The van der Waals surface area contributed by atoms with Crippen LogP contribution in [0.15, 0.2) is 18.2 Å². The first-order valence-electron chi connectivity index (χ1n) is 8.70. The summed E-state index contributed by atoms with van der Waals surface area (Å²) in [6.45, 7) is 4.63. The third kappa shape index (κ3) is 4.28. The molecule has 3 rings (SSSR count). The normalized spacial score (nSPS) is 10.7. The number of nitrogens with one attached hydrogen (secondary N) is 1. The van der Waals surface area contributed by atoms with Gasteiger partial charge in [0.05, 0.1) is 49.6 Å². The van der Waals surface area contributed by atoms with Crippen LogP contribution in [0.25, 0.3) is 0 Å². The van der Waals surface area contributed by atoms with Crippen LogP contribution >= 0.6 is 11.7 Å². The fourth-order valence-corrected chi connectivity index (χ4v) is 3.25. The molecular weight excluding hydrogens is 380 g/mol. The Bertz CT molecular complexity index is 968. The van der Waals surface area contributed by atoms with Gasteiger partial charge in [0.25, 0.3) is 5.91 Å². The second-order valence-corrected chi connectivity index (χ2v) is 6.70. The number of amides is 1. The van der Waals surface area contributed by atoms with E-state index in [1.165, 1.54) is 0 Å². The van der Waals surface area contributed by atoms with Crippen molar-refractivity contribution in [1.29, 1.82) is 0 Å². The molecule has 0 saturated heterocycles. The Morgan fingerprint density at radius 2 is 1.96 bits per heavy atom. The molecule has 0 spiro atoms. The second kappa shape index (κ2) is 8.79. The fourth-order valence-electron chi connectivity index (χ4n) is 2.70. The van der Waals surface area contributed by atoms with Crippen molar-refractivity contribution < 1.29 is 14.3 Å². The molecule has 2 aromatic heterocycles. The molecular formula is C18H22N6O3S. The minimum Gasteiger partial charge on any atom is -0.493 e. The second-order valence-electron chi connectivity index (χ2n) is 6.17. The topological polar surface area (TPSA) is 104 Å². The molecule has 0 aliphatic heterocycles. The first-order chi connectivity index (χ1) is 13.5. The molecule has 28 heavy (non-hydrogen) atoms. The zero-order chi connectivity index (χ0) is 20.1. The van der Waals surface area contributed by atoms with Crippen LogP contribution in [0.1, 0.15) is 33.1 Å². The summed E-state index contributed by atoms with van der Waals surface area (Å²) < 4.78 is 20.6. The summed E-state index contributed by atoms with van der Waals surface area (Å²) in [5, 5.41) is 11.0. The maximum absolute atomic E-state index is 12.5. The standard InChI is InChI=1S/C18H22N6O3S/c1-11-14(22-28-21-11)10-24-12(2)17(20-23-24)18(25)19-8-7-13-5-6-15(26-3)16(9-13)27-4/h5-6,9H,7-8,10H2,1-4H3,(H,19,25). The molecule has 0 atom stereocenters. The average molecular weight is 402 g/mol. The predicted molar refractivity (Wildman–Crippen MR) is 104 cm³/mol. The molecule has 3 aromatic rings. The van der Waals surface area contributed by atoms with Gasteiger partial charge in [-0.2, -0.15) is 8.75 Å². The Hall–Kier alpha value is -3.01. The quantitative estimate of drug-likeness (QED) is 0.612. The number of ether oxygens (including phenoxy) is 2. The maximum Gasteiger partial charge on any atom is 0.273 e. The van der Waals surface area contributed by atoms with Gasteiger partial charge in [-0.1, -0.05) is 11.3 Å². The van der Waals surface area contributed by atoms with Crippen molar-refractivity contribution in [3.8, 4) is 11.5 Å². The van der Waals surface area contributed by atoms with Crippen molar-refractivity contribution in [1.82, 2.24) is 29.1 Å². The van der Waals surface area contributed by atoms with E-state index < -0.39 is 0 Å². The monoisotopic (exact) mass is 402 g/mol. The average Bonchev–Trinajstić information content (AvgIpc) is 3.27. The summed E-state index contributed by atoms with van der Waals surface area (Å²) in [6, 6.07) is 5.69. The van der Waals surface area contributed by atoms with Crippen molar-refractivity contribution in [3.63, 3.8) is 0 Å². The van der Waals surface area contributed by atoms with Crippen LogP contribution in [0.4, 0.5) is 0 Å². The van der Waals surface area contributed by atoms with Crippen LogP contribution in [-0.4, -0.2) is 50.4 Å². The summed E-state index contributed by atoms with van der Waals surface area (Å²) in [7, 11) is 3.19. The number of benzene rings is 1. The maximum atomic E-state index is 12.5. The van der Waals surface area contributed by atoms with Crippen LogP contribution < -0.4 is 14.8 Å². The van der Waals surface area contributed by atoms with Gasteiger partial charge in [0, 0.05) is 6.54 Å². The van der Waals surface area contributed by atoms with E-state index in [4.69, 9.17) is 9.47 Å². The predicted octanol–water partition coefficient (Wildman–Crippen LogP) is 1.78. The largest absolute Gasteiger partial charge is 0.493 e. The lowest BCUT2D eigenvalue weighted by Gasteiger charge is -2.10. The lowest BCUT2D eigenvalue weighted by molar-refractivity contribution is 0.0948. The minimum atomic E-state index is -0.252. The van der Waals surface area contributed by atoms with E-state index in [0.717, 1.165) is 28.7 Å². The molecule has 0 aliphatic carbocycles. The van der Waals surface area contributed by atoms with Crippen LogP contribution in [0.2, 0.25) is 0 Å². The van der Waals surface area contributed by atoms with E-state index >= 15 is 0 Å². The first kappa shape index (κ1) is 19.7. The summed E-state index contributed by atoms with van der Waals surface area (Å²) in [6.07, 6.45) is 0.656. The Balaban J connectivity index is 1.59. The molecule has 2 heterocycles.